The molecule has 1 saturated heterocycles. The number of nitrogens with zero attached hydrogens (tertiary/aromatic N) is 2. The zero-order valence-corrected chi connectivity index (χ0v) is 9.56. The van der Waals surface area contributed by atoms with Crippen LogP contribution in [0.15, 0.2) is 24.5 Å². The van der Waals surface area contributed by atoms with Crippen molar-refractivity contribution in [2.45, 2.75) is 19.3 Å². The predicted molar refractivity (Wildman–Crippen MR) is 63.3 cm³/mol. The van der Waals surface area contributed by atoms with Crippen molar-refractivity contribution < 1.29 is 9.59 Å². The van der Waals surface area contributed by atoms with Gasteiger partial charge in [0, 0.05) is 19.3 Å². The van der Waals surface area contributed by atoms with Crippen LogP contribution in [0.4, 0.5) is 5.69 Å². The third-order valence-electron chi connectivity index (χ3n) is 2.76. The Morgan fingerprint density at radius 2 is 2.00 bits per heavy atom. The van der Waals surface area contributed by atoms with Gasteiger partial charge in [-0.25, -0.2) is 0 Å². The van der Waals surface area contributed by atoms with Gasteiger partial charge in [0.2, 0.25) is 0 Å². The van der Waals surface area contributed by atoms with Crippen LogP contribution in [0.3, 0.4) is 0 Å². The number of nitrogens with one attached hydrogen (secondary N) is 1. The van der Waals surface area contributed by atoms with E-state index in [0.717, 1.165) is 19.3 Å². The van der Waals surface area contributed by atoms with Gasteiger partial charge >= 0.3 is 11.8 Å². The van der Waals surface area contributed by atoms with E-state index in [4.69, 9.17) is 0 Å². The summed E-state index contributed by atoms with van der Waals surface area (Å²) in [6.45, 7) is 1.36. The van der Waals surface area contributed by atoms with Gasteiger partial charge in [0.1, 0.15) is 0 Å². The number of carbonyl (C=O) groups is 2. The van der Waals surface area contributed by atoms with Crippen molar-refractivity contribution >= 4 is 17.5 Å². The van der Waals surface area contributed by atoms with E-state index < -0.39 is 11.8 Å². The summed E-state index contributed by atoms with van der Waals surface area (Å²) in [6.07, 6.45) is 6.22. The number of aromatic nitrogens is 1. The van der Waals surface area contributed by atoms with Gasteiger partial charge in [-0.15, -0.1) is 0 Å². The number of likely N-dealkylation sites (tertiary alicyclic amines) is 1. The summed E-state index contributed by atoms with van der Waals surface area (Å²) in [5.74, 6) is -1.03. The highest BCUT2D eigenvalue weighted by Crippen LogP contribution is 2.10. The van der Waals surface area contributed by atoms with E-state index in [0.29, 0.717) is 18.8 Å². The average Bonchev–Trinajstić information content (AvgIpc) is 2.40. The third kappa shape index (κ3) is 3.03. The van der Waals surface area contributed by atoms with Gasteiger partial charge in [-0.1, -0.05) is 0 Å². The first kappa shape index (κ1) is 11.6. The van der Waals surface area contributed by atoms with Crippen molar-refractivity contribution in [2.75, 3.05) is 18.4 Å². The molecular formula is C12H15N3O2. The molecule has 0 aromatic carbocycles. The second-order valence-electron chi connectivity index (χ2n) is 4.05. The average molecular weight is 233 g/mol. The fourth-order valence-electron chi connectivity index (χ4n) is 1.86. The Labute approximate surface area is 99.8 Å². The minimum atomic E-state index is -0.583. The fraction of sp³-hybridized carbons (Fsp3) is 0.417. The first-order valence-electron chi connectivity index (χ1n) is 5.77. The molecule has 1 fully saturated rings. The molecule has 0 atom stereocenters. The van der Waals surface area contributed by atoms with Crippen molar-refractivity contribution in [1.82, 2.24) is 9.88 Å². The Morgan fingerprint density at radius 3 is 2.65 bits per heavy atom. The molecule has 5 nitrogen and oxygen atoms in total. The van der Waals surface area contributed by atoms with E-state index in [1.807, 2.05) is 0 Å². The summed E-state index contributed by atoms with van der Waals surface area (Å²) in [7, 11) is 0. The van der Waals surface area contributed by atoms with Crippen LogP contribution in [0, 0.1) is 0 Å². The fourth-order valence-corrected chi connectivity index (χ4v) is 1.86. The smallest absolute Gasteiger partial charge is 0.313 e. The number of rotatable bonds is 1. The molecule has 1 aliphatic heterocycles. The highest BCUT2D eigenvalue weighted by atomic mass is 16.2. The van der Waals surface area contributed by atoms with Crippen LogP contribution < -0.4 is 5.32 Å². The summed E-state index contributed by atoms with van der Waals surface area (Å²) < 4.78 is 0. The normalized spacial score (nSPS) is 15.4. The van der Waals surface area contributed by atoms with Crippen molar-refractivity contribution in [3.8, 4) is 0 Å². The van der Waals surface area contributed by atoms with Gasteiger partial charge in [0.15, 0.2) is 0 Å². The van der Waals surface area contributed by atoms with Crippen molar-refractivity contribution in [3.63, 3.8) is 0 Å². The molecule has 0 aliphatic carbocycles. The van der Waals surface area contributed by atoms with Gasteiger partial charge in [-0.2, -0.15) is 0 Å². The summed E-state index contributed by atoms with van der Waals surface area (Å²) in [5, 5.41) is 2.55. The van der Waals surface area contributed by atoms with Crippen LogP contribution in [0.5, 0.6) is 0 Å². The first-order valence-corrected chi connectivity index (χ1v) is 5.77. The van der Waals surface area contributed by atoms with Crippen molar-refractivity contribution in [3.05, 3.63) is 24.5 Å². The van der Waals surface area contributed by atoms with Gasteiger partial charge < -0.3 is 10.2 Å². The molecule has 0 unspecified atom stereocenters. The molecule has 5 heteroatoms. The molecule has 0 bridgehead atoms. The second kappa shape index (κ2) is 5.43. The maximum atomic E-state index is 11.8. The van der Waals surface area contributed by atoms with Gasteiger partial charge in [-0.3, -0.25) is 14.6 Å². The molecule has 1 aromatic heterocycles. The van der Waals surface area contributed by atoms with Crippen molar-refractivity contribution in [2.24, 2.45) is 0 Å². The molecule has 17 heavy (non-hydrogen) atoms. The molecule has 0 radical (unpaired) electrons. The number of carbonyl (C=O) groups excluding carboxylic acids is 2. The van der Waals surface area contributed by atoms with E-state index in [1.54, 1.807) is 23.2 Å². The summed E-state index contributed by atoms with van der Waals surface area (Å²) in [4.78, 5) is 29.0. The zero-order valence-electron chi connectivity index (χ0n) is 9.56. The lowest BCUT2D eigenvalue weighted by Gasteiger charge is -2.25. The third-order valence-corrected chi connectivity index (χ3v) is 2.76. The molecular weight excluding hydrogens is 218 g/mol. The topological polar surface area (TPSA) is 62.3 Å². The number of hydrogen-bond donors (Lipinski definition) is 1. The van der Waals surface area contributed by atoms with E-state index in [2.05, 4.69) is 10.3 Å². The van der Waals surface area contributed by atoms with Crippen LogP contribution in [-0.4, -0.2) is 34.8 Å². The zero-order chi connectivity index (χ0) is 12.1. The first-order chi connectivity index (χ1) is 8.27. The summed E-state index contributed by atoms with van der Waals surface area (Å²) in [5.41, 5.74) is 0.544. The van der Waals surface area contributed by atoms with E-state index in [9.17, 15) is 9.59 Å². The molecule has 2 amide bonds. The molecule has 2 rings (SSSR count). The van der Waals surface area contributed by atoms with Gasteiger partial charge in [0.25, 0.3) is 0 Å². The molecule has 1 N–H and O–H groups in total. The van der Waals surface area contributed by atoms with Gasteiger partial charge in [-0.05, 0) is 31.4 Å². The highest BCUT2D eigenvalue weighted by Gasteiger charge is 2.23. The Balaban J connectivity index is 1.93. The Morgan fingerprint density at radius 1 is 1.24 bits per heavy atom. The van der Waals surface area contributed by atoms with Crippen LogP contribution in [-0.2, 0) is 9.59 Å². The molecule has 2 heterocycles. The lowest BCUT2D eigenvalue weighted by atomic mass is 10.1. The Kier molecular flexibility index (Phi) is 3.69. The van der Waals surface area contributed by atoms with Crippen LogP contribution in [0.1, 0.15) is 19.3 Å². The standard InChI is InChI=1S/C12H15N3O2/c16-11(14-10-5-4-6-13-9-10)12(17)15-7-2-1-3-8-15/h4-6,9H,1-3,7-8H2,(H,14,16). The van der Waals surface area contributed by atoms with Crippen LogP contribution in [0.25, 0.3) is 0 Å². The lowest BCUT2D eigenvalue weighted by molar-refractivity contribution is -0.143. The van der Waals surface area contributed by atoms with Gasteiger partial charge in [0.05, 0.1) is 11.9 Å². The second-order valence-corrected chi connectivity index (χ2v) is 4.05. The molecule has 1 aliphatic rings. The van der Waals surface area contributed by atoms with Crippen LogP contribution >= 0.6 is 0 Å². The number of pyridine rings is 1. The lowest BCUT2D eigenvalue weighted by Crippen LogP contribution is -2.42. The monoisotopic (exact) mass is 233 g/mol. The van der Waals surface area contributed by atoms with E-state index in [1.165, 1.54) is 6.20 Å². The molecule has 90 valence electrons. The van der Waals surface area contributed by atoms with Crippen LogP contribution in [0.2, 0.25) is 0 Å². The molecule has 1 aromatic rings. The Bertz CT molecular complexity index is 399. The number of amides is 2. The maximum Gasteiger partial charge on any atom is 0.313 e. The SMILES string of the molecule is O=C(Nc1cccnc1)C(=O)N1CCCCC1. The predicted octanol–water partition coefficient (Wildman–Crippen LogP) is 1.03. The molecule has 0 spiro atoms. The quantitative estimate of drug-likeness (QED) is 0.737. The summed E-state index contributed by atoms with van der Waals surface area (Å²) in [6, 6.07) is 3.41. The number of piperidine rings is 1. The minimum Gasteiger partial charge on any atom is -0.334 e. The number of anilines is 1. The van der Waals surface area contributed by atoms with E-state index in [-0.39, 0.29) is 0 Å². The summed E-state index contributed by atoms with van der Waals surface area (Å²) >= 11 is 0. The maximum absolute atomic E-state index is 11.8. The Hall–Kier alpha value is -1.91. The van der Waals surface area contributed by atoms with E-state index >= 15 is 0 Å². The van der Waals surface area contributed by atoms with Crippen molar-refractivity contribution in [1.29, 1.82) is 0 Å². The highest BCUT2D eigenvalue weighted by molar-refractivity contribution is 6.39. The largest absolute Gasteiger partial charge is 0.334 e. The molecule has 0 saturated carbocycles. The number of hydrogen-bond acceptors (Lipinski definition) is 3. The minimum absolute atomic E-state index is 0.450.